The summed E-state index contributed by atoms with van der Waals surface area (Å²) in [6, 6.07) is 43.5. The molecule has 0 saturated heterocycles. The second-order valence-electron chi connectivity index (χ2n) is 9.15. The van der Waals surface area contributed by atoms with Crippen molar-refractivity contribution in [1.82, 2.24) is 0 Å². The molecule has 0 aliphatic carbocycles. The molecule has 5 rings (SSSR count). The van der Waals surface area contributed by atoms with Gasteiger partial charge in [-0.1, -0.05) is 0 Å². The monoisotopic (exact) mass is 510 g/mol. The van der Waals surface area contributed by atoms with E-state index >= 15 is 4.39 Å². The van der Waals surface area contributed by atoms with Crippen molar-refractivity contribution in [3.05, 3.63) is 156 Å². The fraction of sp³-hybridized carbons (Fsp3) is 0.0909. The maximum atomic E-state index is 15.0. The Hall–Kier alpha value is -3.81. The molecule has 0 saturated carbocycles. The summed E-state index contributed by atoms with van der Waals surface area (Å²) in [7, 11) is -2.55. The quantitative estimate of drug-likeness (QED) is 0.198. The summed E-state index contributed by atoms with van der Waals surface area (Å²) in [5.41, 5.74) is 1.48. The van der Waals surface area contributed by atoms with E-state index < -0.39 is 18.9 Å². The van der Waals surface area contributed by atoms with E-state index in [1.165, 1.54) is 22.0 Å². The SMILES string of the molecule is Fc1cc(F)c(OCc2ccccc2)c(CC[PH](c2ccccc2)(c2ccccc2)c2ccccc2)c1. The number of rotatable bonds is 9. The Labute approximate surface area is 217 Å². The molecule has 0 amide bonds. The van der Waals surface area contributed by atoms with Crippen molar-refractivity contribution in [3.63, 3.8) is 0 Å². The van der Waals surface area contributed by atoms with Crippen molar-refractivity contribution < 1.29 is 13.5 Å². The third kappa shape index (κ3) is 5.48. The molecule has 0 N–H and O–H groups in total. The van der Waals surface area contributed by atoms with Crippen LogP contribution in [0.2, 0.25) is 0 Å². The molecule has 0 atom stereocenters. The van der Waals surface area contributed by atoms with Crippen molar-refractivity contribution in [3.8, 4) is 5.75 Å². The maximum absolute atomic E-state index is 15.0. The molecular weight excluding hydrogens is 481 g/mol. The third-order valence-corrected chi connectivity index (χ3v) is 11.8. The molecule has 0 aliphatic heterocycles. The fourth-order valence-corrected chi connectivity index (χ4v) is 9.91. The van der Waals surface area contributed by atoms with Gasteiger partial charge in [-0.2, -0.15) is 0 Å². The summed E-state index contributed by atoms with van der Waals surface area (Å²) in [6.07, 6.45) is 1.21. The molecule has 0 unspecified atom stereocenters. The molecule has 0 aromatic heterocycles. The summed E-state index contributed by atoms with van der Waals surface area (Å²) < 4.78 is 35.5. The predicted molar refractivity (Wildman–Crippen MR) is 152 cm³/mol. The van der Waals surface area contributed by atoms with Crippen LogP contribution in [0.5, 0.6) is 5.75 Å². The Kier molecular flexibility index (Phi) is 7.73. The van der Waals surface area contributed by atoms with Crippen molar-refractivity contribution in [2.45, 2.75) is 13.0 Å². The van der Waals surface area contributed by atoms with Gasteiger partial charge in [-0.3, -0.25) is 0 Å². The minimum atomic E-state index is -2.55. The molecule has 5 aromatic rings. The normalized spacial score (nSPS) is 11.7. The summed E-state index contributed by atoms with van der Waals surface area (Å²) in [5.74, 6) is -1.13. The van der Waals surface area contributed by atoms with Crippen LogP contribution in [0.15, 0.2) is 133 Å². The molecule has 0 fully saturated rings. The standard InChI is InChI=1S/C33H29F2OP/c34-28-23-27(33(32(35)24-28)36-25-26-13-5-1-6-14-26)21-22-37(29-15-7-2-8-16-29,30-17-9-3-10-18-30)31-19-11-4-12-20-31/h1-20,23-24,37H,21-22,25H2. The molecule has 4 heteroatoms. The van der Waals surface area contributed by atoms with Crippen molar-refractivity contribution >= 4 is 23.2 Å². The number of aryl methyl sites for hydroxylation is 1. The van der Waals surface area contributed by atoms with Gasteiger partial charge in [-0.25, -0.2) is 0 Å². The Morgan fingerprint density at radius 3 is 1.51 bits per heavy atom. The van der Waals surface area contributed by atoms with Crippen LogP contribution >= 0.6 is 7.26 Å². The molecular formula is C33H29F2OP. The van der Waals surface area contributed by atoms with Crippen molar-refractivity contribution in [2.75, 3.05) is 6.16 Å². The van der Waals surface area contributed by atoms with Crippen LogP contribution in [0.4, 0.5) is 8.78 Å². The first-order chi connectivity index (χ1) is 18.2. The van der Waals surface area contributed by atoms with Gasteiger partial charge < -0.3 is 0 Å². The molecule has 0 bridgehead atoms. The predicted octanol–water partition coefficient (Wildman–Crippen LogP) is 6.81. The molecule has 37 heavy (non-hydrogen) atoms. The molecule has 186 valence electrons. The Bertz CT molecular complexity index is 1330. The van der Waals surface area contributed by atoms with Crippen LogP contribution in [0, 0.1) is 11.6 Å². The Morgan fingerprint density at radius 1 is 0.568 bits per heavy atom. The molecule has 5 aromatic carbocycles. The van der Waals surface area contributed by atoms with Crippen LogP contribution in [-0.2, 0) is 13.0 Å². The minimum absolute atomic E-state index is 0.127. The average Bonchev–Trinajstić information content (AvgIpc) is 2.95. The first-order valence-electron chi connectivity index (χ1n) is 12.5. The van der Waals surface area contributed by atoms with E-state index in [1.807, 2.05) is 48.5 Å². The first-order valence-corrected chi connectivity index (χ1v) is 14.7. The van der Waals surface area contributed by atoms with Gasteiger partial charge in [-0.15, -0.1) is 0 Å². The zero-order chi connectivity index (χ0) is 25.5. The van der Waals surface area contributed by atoms with Gasteiger partial charge in [0.05, 0.1) is 0 Å². The van der Waals surface area contributed by atoms with E-state index in [9.17, 15) is 4.39 Å². The number of ether oxygens (including phenoxy) is 1. The number of hydrogen-bond acceptors (Lipinski definition) is 1. The van der Waals surface area contributed by atoms with Crippen LogP contribution < -0.4 is 20.7 Å². The van der Waals surface area contributed by atoms with Crippen LogP contribution in [0.3, 0.4) is 0 Å². The van der Waals surface area contributed by atoms with Gasteiger partial charge in [0.25, 0.3) is 0 Å². The van der Waals surface area contributed by atoms with E-state index in [1.54, 1.807) is 0 Å². The summed E-state index contributed by atoms with van der Waals surface area (Å²) in [6.45, 7) is 0.217. The van der Waals surface area contributed by atoms with Gasteiger partial charge >= 0.3 is 218 Å². The van der Waals surface area contributed by atoms with Crippen molar-refractivity contribution in [2.24, 2.45) is 0 Å². The van der Waals surface area contributed by atoms with Crippen LogP contribution in [0.1, 0.15) is 11.1 Å². The molecule has 0 heterocycles. The molecule has 1 nitrogen and oxygen atoms in total. The topological polar surface area (TPSA) is 9.23 Å². The number of halogens is 2. The zero-order valence-electron chi connectivity index (χ0n) is 20.5. The van der Waals surface area contributed by atoms with Crippen LogP contribution in [-0.4, -0.2) is 6.16 Å². The van der Waals surface area contributed by atoms with Gasteiger partial charge in [0.2, 0.25) is 0 Å². The molecule has 0 aliphatic rings. The summed E-state index contributed by atoms with van der Waals surface area (Å²) >= 11 is 0. The Balaban J connectivity index is 1.58. The summed E-state index contributed by atoms with van der Waals surface area (Å²) in [4.78, 5) is 0. The molecule has 0 radical (unpaired) electrons. The van der Waals surface area contributed by atoms with Gasteiger partial charge in [0.1, 0.15) is 0 Å². The second kappa shape index (κ2) is 11.5. The van der Waals surface area contributed by atoms with E-state index in [0.717, 1.165) is 17.8 Å². The zero-order valence-corrected chi connectivity index (χ0v) is 21.5. The van der Waals surface area contributed by atoms with Gasteiger partial charge in [0.15, 0.2) is 0 Å². The molecule has 0 spiro atoms. The van der Waals surface area contributed by atoms with Crippen molar-refractivity contribution in [1.29, 1.82) is 0 Å². The third-order valence-electron chi connectivity index (χ3n) is 6.88. The van der Waals surface area contributed by atoms with Crippen LogP contribution in [0.25, 0.3) is 0 Å². The number of hydrogen-bond donors (Lipinski definition) is 0. The van der Waals surface area contributed by atoms with E-state index in [0.29, 0.717) is 12.0 Å². The fourth-order valence-electron chi connectivity index (χ4n) is 5.11. The number of benzene rings is 5. The Morgan fingerprint density at radius 2 is 1.03 bits per heavy atom. The van der Waals surface area contributed by atoms with E-state index in [-0.39, 0.29) is 12.4 Å². The van der Waals surface area contributed by atoms with Gasteiger partial charge in [0, 0.05) is 0 Å². The second-order valence-corrected chi connectivity index (χ2v) is 13.2. The first kappa shape index (κ1) is 24.9. The average molecular weight is 511 g/mol. The van der Waals surface area contributed by atoms with Gasteiger partial charge in [-0.05, 0) is 0 Å². The van der Waals surface area contributed by atoms with E-state index in [2.05, 4.69) is 72.8 Å². The summed E-state index contributed by atoms with van der Waals surface area (Å²) in [5, 5.41) is 3.78. The van der Waals surface area contributed by atoms with E-state index in [4.69, 9.17) is 4.74 Å².